The van der Waals surface area contributed by atoms with Crippen LogP contribution in [0.25, 0.3) is 0 Å². The predicted octanol–water partition coefficient (Wildman–Crippen LogP) is 1.95. The second kappa shape index (κ2) is 4.87. The zero-order chi connectivity index (χ0) is 12.3. The largest absolute Gasteiger partial charge is 0.397 e. The minimum Gasteiger partial charge on any atom is -0.397 e. The van der Waals surface area contributed by atoms with Crippen molar-refractivity contribution in [1.82, 2.24) is 5.32 Å². The molecule has 1 atom stereocenters. The Balaban J connectivity index is 2.31. The van der Waals surface area contributed by atoms with Crippen LogP contribution in [0, 0.1) is 6.92 Å². The van der Waals surface area contributed by atoms with Crippen LogP contribution >= 0.6 is 0 Å². The number of dihydropyridines is 1. The topological polar surface area (TPSA) is 55.1 Å². The van der Waals surface area contributed by atoms with Gasteiger partial charge in [-0.05, 0) is 23.6 Å². The summed E-state index contributed by atoms with van der Waals surface area (Å²) in [5.41, 5.74) is 9.78. The van der Waals surface area contributed by atoms with Gasteiger partial charge in [0.05, 0.1) is 11.7 Å². The van der Waals surface area contributed by atoms with Gasteiger partial charge in [-0.1, -0.05) is 30.3 Å². The summed E-state index contributed by atoms with van der Waals surface area (Å²) in [4.78, 5) is 10.6. The van der Waals surface area contributed by atoms with Crippen molar-refractivity contribution in [3.05, 3.63) is 58.9 Å². The number of hydrogen-bond donors (Lipinski definition) is 2. The zero-order valence-corrected chi connectivity index (χ0v) is 9.81. The number of hydrogen-bond acceptors (Lipinski definition) is 3. The molecule has 1 unspecified atom stereocenters. The monoisotopic (exact) mass is 228 g/mol. The van der Waals surface area contributed by atoms with Gasteiger partial charge in [-0.25, -0.2) is 0 Å². The van der Waals surface area contributed by atoms with Gasteiger partial charge >= 0.3 is 0 Å². The minimum atomic E-state index is 0.0958. The van der Waals surface area contributed by atoms with Crippen molar-refractivity contribution in [3.63, 3.8) is 0 Å². The van der Waals surface area contributed by atoms with Crippen LogP contribution in [0.1, 0.15) is 23.6 Å². The fourth-order valence-electron chi connectivity index (χ4n) is 2.01. The number of carbonyl (C=O) groups is 1. The van der Waals surface area contributed by atoms with E-state index in [1.165, 1.54) is 11.1 Å². The molecule has 3 heteroatoms. The summed E-state index contributed by atoms with van der Waals surface area (Å²) in [5.74, 6) is 0. The highest BCUT2D eigenvalue weighted by Crippen LogP contribution is 2.25. The van der Waals surface area contributed by atoms with Gasteiger partial charge in [0.1, 0.15) is 6.29 Å². The van der Waals surface area contributed by atoms with E-state index in [2.05, 4.69) is 24.4 Å². The van der Waals surface area contributed by atoms with Crippen molar-refractivity contribution in [1.29, 1.82) is 0 Å². The van der Waals surface area contributed by atoms with Gasteiger partial charge in [0.2, 0.25) is 0 Å². The summed E-state index contributed by atoms with van der Waals surface area (Å²) in [6, 6.07) is 8.28. The zero-order valence-electron chi connectivity index (χ0n) is 9.81. The first-order chi connectivity index (χ1) is 8.22. The minimum absolute atomic E-state index is 0.0958. The molecule has 2 rings (SSSR count). The van der Waals surface area contributed by atoms with E-state index in [0.717, 1.165) is 11.9 Å². The number of nitrogens with two attached hydrogens (primary N) is 1. The Hall–Kier alpha value is -2.03. The third kappa shape index (κ3) is 2.38. The highest BCUT2D eigenvalue weighted by molar-refractivity contribution is 5.58. The Morgan fingerprint density at radius 3 is 2.88 bits per heavy atom. The van der Waals surface area contributed by atoms with Crippen LogP contribution < -0.4 is 11.1 Å². The highest BCUT2D eigenvalue weighted by Gasteiger charge is 2.15. The third-order valence-corrected chi connectivity index (χ3v) is 2.98. The summed E-state index contributed by atoms with van der Waals surface area (Å²) in [6.07, 6.45) is 5.04. The fraction of sp³-hybridized carbons (Fsp3) is 0.214. The van der Waals surface area contributed by atoms with E-state index in [1.54, 1.807) is 6.20 Å². The number of carbonyl (C=O) groups excluding carboxylic acids is 1. The van der Waals surface area contributed by atoms with Gasteiger partial charge in [0.15, 0.2) is 0 Å². The van der Waals surface area contributed by atoms with Gasteiger partial charge < -0.3 is 15.8 Å². The highest BCUT2D eigenvalue weighted by atomic mass is 16.1. The van der Waals surface area contributed by atoms with Gasteiger partial charge in [0.25, 0.3) is 0 Å². The molecule has 1 aliphatic rings. The number of aldehydes is 1. The Bertz CT molecular complexity index is 489. The Morgan fingerprint density at radius 2 is 2.18 bits per heavy atom. The molecule has 17 heavy (non-hydrogen) atoms. The second-order valence-electron chi connectivity index (χ2n) is 4.16. The molecule has 0 radical (unpaired) electrons. The molecule has 3 N–H and O–H groups in total. The van der Waals surface area contributed by atoms with Crippen molar-refractivity contribution in [3.8, 4) is 0 Å². The first-order valence-corrected chi connectivity index (χ1v) is 5.64. The molecule has 1 aromatic rings. The van der Waals surface area contributed by atoms with Crippen molar-refractivity contribution in [2.45, 2.75) is 19.4 Å². The molecule has 0 fully saturated rings. The number of benzene rings is 1. The normalized spacial score (nSPS) is 19.0. The predicted molar refractivity (Wildman–Crippen MR) is 68.1 cm³/mol. The second-order valence-corrected chi connectivity index (χ2v) is 4.16. The number of aryl methyl sites for hydroxylation is 1. The lowest BCUT2D eigenvalue weighted by molar-refractivity contribution is -0.107. The van der Waals surface area contributed by atoms with Gasteiger partial charge in [-0.15, -0.1) is 0 Å². The van der Waals surface area contributed by atoms with Crippen LogP contribution in [0.5, 0.6) is 0 Å². The van der Waals surface area contributed by atoms with Gasteiger partial charge in [-0.2, -0.15) is 0 Å². The van der Waals surface area contributed by atoms with Crippen molar-refractivity contribution < 1.29 is 4.79 Å². The van der Waals surface area contributed by atoms with E-state index in [9.17, 15) is 4.79 Å². The summed E-state index contributed by atoms with van der Waals surface area (Å²) < 4.78 is 0. The Kier molecular flexibility index (Phi) is 3.28. The van der Waals surface area contributed by atoms with Gasteiger partial charge in [0, 0.05) is 12.6 Å². The van der Waals surface area contributed by atoms with Crippen molar-refractivity contribution in [2.75, 3.05) is 0 Å². The van der Waals surface area contributed by atoms with Crippen LogP contribution in [0.3, 0.4) is 0 Å². The number of nitrogens with one attached hydrogen (secondary N) is 1. The standard InChI is InChI=1S/C14H16N2O/c1-10-4-2-3-5-12(10)14-8-11(6-7-17)13(15)9-16-14/h2-5,7-9,14,16H,6,15H2,1H3. The van der Waals surface area contributed by atoms with Crippen molar-refractivity contribution >= 4 is 6.29 Å². The first-order valence-electron chi connectivity index (χ1n) is 5.64. The molecular formula is C14H16N2O. The third-order valence-electron chi connectivity index (χ3n) is 2.98. The molecular weight excluding hydrogens is 212 g/mol. The molecule has 1 aliphatic heterocycles. The van der Waals surface area contributed by atoms with E-state index in [0.29, 0.717) is 12.1 Å². The maximum Gasteiger partial charge on any atom is 0.124 e. The van der Waals surface area contributed by atoms with E-state index < -0.39 is 0 Å². The van der Waals surface area contributed by atoms with Crippen LogP contribution in [0.15, 0.2) is 47.8 Å². The molecule has 0 aliphatic carbocycles. The average molecular weight is 228 g/mol. The fourth-order valence-corrected chi connectivity index (χ4v) is 2.01. The molecule has 0 saturated carbocycles. The lowest BCUT2D eigenvalue weighted by atomic mass is 9.95. The van der Waals surface area contributed by atoms with E-state index in [1.807, 2.05) is 18.2 Å². The molecule has 1 heterocycles. The number of allylic oxidation sites excluding steroid dienone is 1. The smallest absolute Gasteiger partial charge is 0.124 e. The molecule has 0 spiro atoms. The van der Waals surface area contributed by atoms with E-state index in [4.69, 9.17) is 5.73 Å². The Labute approximate surface area is 101 Å². The molecule has 3 nitrogen and oxygen atoms in total. The maximum atomic E-state index is 10.6. The average Bonchev–Trinajstić information content (AvgIpc) is 2.33. The Morgan fingerprint density at radius 1 is 1.41 bits per heavy atom. The lowest BCUT2D eigenvalue weighted by Gasteiger charge is -2.22. The first kappa shape index (κ1) is 11.5. The molecule has 0 bridgehead atoms. The summed E-state index contributed by atoms with van der Waals surface area (Å²) in [6.45, 7) is 2.08. The molecule has 88 valence electrons. The molecule has 0 amide bonds. The molecule has 1 aromatic carbocycles. The quantitative estimate of drug-likeness (QED) is 0.777. The van der Waals surface area contributed by atoms with E-state index in [-0.39, 0.29) is 6.04 Å². The van der Waals surface area contributed by atoms with Crippen LogP contribution in [-0.4, -0.2) is 6.29 Å². The van der Waals surface area contributed by atoms with E-state index >= 15 is 0 Å². The van der Waals surface area contributed by atoms with Crippen LogP contribution in [0.4, 0.5) is 0 Å². The summed E-state index contributed by atoms with van der Waals surface area (Å²) in [5, 5.41) is 3.24. The van der Waals surface area contributed by atoms with Gasteiger partial charge in [-0.3, -0.25) is 0 Å². The van der Waals surface area contributed by atoms with Crippen LogP contribution in [-0.2, 0) is 4.79 Å². The number of rotatable bonds is 3. The maximum absolute atomic E-state index is 10.6. The lowest BCUT2D eigenvalue weighted by Crippen LogP contribution is -2.22. The van der Waals surface area contributed by atoms with Crippen molar-refractivity contribution in [2.24, 2.45) is 5.73 Å². The molecule has 0 aromatic heterocycles. The summed E-state index contributed by atoms with van der Waals surface area (Å²) in [7, 11) is 0. The SMILES string of the molecule is Cc1ccccc1C1C=C(CC=O)C(N)=CN1. The summed E-state index contributed by atoms with van der Waals surface area (Å²) >= 11 is 0. The molecule has 0 saturated heterocycles. The van der Waals surface area contributed by atoms with Crippen LogP contribution in [0.2, 0.25) is 0 Å².